The summed E-state index contributed by atoms with van der Waals surface area (Å²) in [6.07, 6.45) is 6.66. The molecule has 2 fully saturated rings. The van der Waals surface area contributed by atoms with Crippen molar-refractivity contribution in [3.63, 3.8) is 0 Å². The molecular formula is C16H20N2O2. The number of rotatable bonds is 3. The van der Waals surface area contributed by atoms with Gasteiger partial charge in [0, 0.05) is 17.9 Å². The number of hydrogen-bond donors (Lipinski definition) is 0. The van der Waals surface area contributed by atoms with Crippen molar-refractivity contribution in [2.45, 2.75) is 31.9 Å². The van der Waals surface area contributed by atoms with Gasteiger partial charge in [0.15, 0.2) is 6.23 Å². The Hall–Kier alpha value is -1.39. The summed E-state index contributed by atoms with van der Waals surface area (Å²) in [7, 11) is 0. The van der Waals surface area contributed by atoms with E-state index in [4.69, 9.17) is 9.47 Å². The van der Waals surface area contributed by atoms with Crippen LogP contribution in [0.25, 0.3) is 10.9 Å². The third kappa shape index (κ3) is 2.23. The van der Waals surface area contributed by atoms with Crippen molar-refractivity contribution in [2.75, 3.05) is 19.8 Å². The summed E-state index contributed by atoms with van der Waals surface area (Å²) in [6, 6.07) is 6.68. The van der Waals surface area contributed by atoms with Crippen molar-refractivity contribution >= 4 is 10.9 Å². The Kier molecular flexibility index (Phi) is 3.20. The summed E-state index contributed by atoms with van der Waals surface area (Å²) in [4.78, 5) is 0. The molecule has 1 aromatic carbocycles. The van der Waals surface area contributed by atoms with Crippen LogP contribution in [0.1, 0.15) is 31.1 Å². The quantitative estimate of drug-likeness (QED) is 0.862. The molecule has 4 nitrogen and oxygen atoms in total. The van der Waals surface area contributed by atoms with E-state index in [1.165, 1.54) is 29.3 Å². The number of benzene rings is 1. The third-order valence-corrected chi connectivity index (χ3v) is 4.32. The van der Waals surface area contributed by atoms with Crippen molar-refractivity contribution < 1.29 is 9.47 Å². The highest BCUT2D eigenvalue weighted by molar-refractivity contribution is 5.79. The van der Waals surface area contributed by atoms with Gasteiger partial charge in [-0.05, 0) is 43.4 Å². The number of fused-ring (bicyclic) bond motifs is 1. The average molecular weight is 272 g/mol. The van der Waals surface area contributed by atoms with E-state index in [1.54, 1.807) is 0 Å². The smallest absolute Gasteiger partial charge is 0.150 e. The average Bonchev–Trinajstić information content (AvgIpc) is 2.87. The second kappa shape index (κ2) is 5.19. The van der Waals surface area contributed by atoms with Crippen LogP contribution in [-0.2, 0) is 15.9 Å². The van der Waals surface area contributed by atoms with Crippen LogP contribution in [0, 0.1) is 5.92 Å². The summed E-state index contributed by atoms with van der Waals surface area (Å²) in [6.45, 7) is 2.67. The molecule has 1 aromatic heterocycles. The Balaban J connectivity index is 1.60. The SMILES string of the molecule is c1cc2c(cnn2C2CCCCO2)cc1CC1COC1. The summed E-state index contributed by atoms with van der Waals surface area (Å²) in [5.41, 5.74) is 2.57. The van der Waals surface area contributed by atoms with Gasteiger partial charge in [-0.2, -0.15) is 5.10 Å². The Morgan fingerprint density at radius 2 is 2.20 bits per heavy atom. The van der Waals surface area contributed by atoms with Gasteiger partial charge in [0.25, 0.3) is 0 Å². The largest absolute Gasteiger partial charge is 0.381 e. The molecule has 0 aliphatic carbocycles. The molecule has 0 saturated carbocycles. The van der Waals surface area contributed by atoms with Crippen molar-refractivity contribution in [3.8, 4) is 0 Å². The molecule has 20 heavy (non-hydrogen) atoms. The zero-order valence-electron chi connectivity index (χ0n) is 11.6. The van der Waals surface area contributed by atoms with Crippen LogP contribution in [0.3, 0.4) is 0 Å². The van der Waals surface area contributed by atoms with Gasteiger partial charge in [0.2, 0.25) is 0 Å². The van der Waals surface area contributed by atoms with E-state index >= 15 is 0 Å². The molecule has 0 radical (unpaired) electrons. The van der Waals surface area contributed by atoms with Crippen molar-refractivity contribution in [1.29, 1.82) is 0 Å². The summed E-state index contributed by atoms with van der Waals surface area (Å²) in [5, 5.41) is 5.76. The standard InChI is InChI=1S/C16H20N2O2/c1-2-6-20-16(3-1)18-15-5-4-12(7-13-10-19-11-13)8-14(15)9-17-18/h4-5,8-9,13,16H,1-3,6-7,10-11H2. The molecular weight excluding hydrogens is 252 g/mol. The number of ether oxygens (including phenoxy) is 2. The van der Waals surface area contributed by atoms with Gasteiger partial charge in [-0.25, -0.2) is 4.68 Å². The highest BCUT2D eigenvalue weighted by Gasteiger charge is 2.20. The molecule has 0 amide bonds. The molecule has 1 atom stereocenters. The van der Waals surface area contributed by atoms with Gasteiger partial charge in [0.1, 0.15) is 0 Å². The van der Waals surface area contributed by atoms with Crippen LogP contribution < -0.4 is 0 Å². The second-order valence-corrected chi connectivity index (χ2v) is 5.91. The predicted octanol–water partition coefficient (Wildman–Crippen LogP) is 2.92. The minimum atomic E-state index is 0.118. The zero-order chi connectivity index (χ0) is 13.4. The van der Waals surface area contributed by atoms with Crippen molar-refractivity contribution in [1.82, 2.24) is 9.78 Å². The molecule has 2 aromatic rings. The van der Waals surface area contributed by atoms with Gasteiger partial charge in [-0.15, -0.1) is 0 Å². The topological polar surface area (TPSA) is 36.3 Å². The predicted molar refractivity (Wildman–Crippen MR) is 76.6 cm³/mol. The molecule has 0 N–H and O–H groups in total. The van der Waals surface area contributed by atoms with Gasteiger partial charge < -0.3 is 9.47 Å². The van der Waals surface area contributed by atoms with E-state index in [-0.39, 0.29) is 6.23 Å². The van der Waals surface area contributed by atoms with Gasteiger partial charge in [0.05, 0.1) is 24.9 Å². The Bertz CT molecular complexity index is 598. The van der Waals surface area contributed by atoms with Gasteiger partial charge in [-0.3, -0.25) is 0 Å². The van der Waals surface area contributed by atoms with E-state index < -0.39 is 0 Å². The molecule has 106 valence electrons. The van der Waals surface area contributed by atoms with Crippen LogP contribution in [-0.4, -0.2) is 29.6 Å². The van der Waals surface area contributed by atoms with Crippen LogP contribution >= 0.6 is 0 Å². The van der Waals surface area contributed by atoms with E-state index in [2.05, 4.69) is 23.3 Å². The van der Waals surface area contributed by atoms with E-state index in [9.17, 15) is 0 Å². The van der Waals surface area contributed by atoms with Crippen LogP contribution in [0.4, 0.5) is 0 Å². The molecule has 2 saturated heterocycles. The molecule has 2 aliphatic heterocycles. The minimum Gasteiger partial charge on any atom is -0.381 e. The molecule has 0 bridgehead atoms. The van der Waals surface area contributed by atoms with Crippen LogP contribution in [0.15, 0.2) is 24.4 Å². The first kappa shape index (κ1) is 12.4. The summed E-state index contributed by atoms with van der Waals surface area (Å²) < 4.78 is 13.1. The maximum absolute atomic E-state index is 5.84. The second-order valence-electron chi connectivity index (χ2n) is 5.91. The van der Waals surface area contributed by atoms with E-state index in [0.29, 0.717) is 5.92 Å². The molecule has 0 spiro atoms. The Morgan fingerprint density at radius 3 is 2.95 bits per heavy atom. The molecule has 3 heterocycles. The number of hydrogen-bond acceptors (Lipinski definition) is 3. The third-order valence-electron chi connectivity index (χ3n) is 4.32. The lowest BCUT2D eigenvalue weighted by molar-refractivity contribution is -0.0366. The first-order chi connectivity index (χ1) is 9.90. The molecule has 4 rings (SSSR count). The fourth-order valence-electron chi connectivity index (χ4n) is 3.11. The van der Waals surface area contributed by atoms with Crippen molar-refractivity contribution in [2.24, 2.45) is 5.92 Å². The molecule has 4 heteroatoms. The fraction of sp³-hybridized carbons (Fsp3) is 0.562. The minimum absolute atomic E-state index is 0.118. The maximum Gasteiger partial charge on any atom is 0.150 e. The molecule has 2 aliphatic rings. The monoisotopic (exact) mass is 272 g/mol. The summed E-state index contributed by atoms with van der Waals surface area (Å²) in [5.74, 6) is 0.698. The number of aromatic nitrogens is 2. The Morgan fingerprint density at radius 1 is 1.25 bits per heavy atom. The number of nitrogens with zero attached hydrogens (tertiary/aromatic N) is 2. The highest BCUT2D eigenvalue weighted by Crippen LogP contribution is 2.27. The first-order valence-electron chi connectivity index (χ1n) is 7.55. The normalized spacial score (nSPS) is 23.9. The van der Waals surface area contributed by atoms with Gasteiger partial charge >= 0.3 is 0 Å². The lowest BCUT2D eigenvalue weighted by Gasteiger charge is -2.26. The van der Waals surface area contributed by atoms with Gasteiger partial charge in [-0.1, -0.05) is 6.07 Å². The van der Waals surface area contributed by atoms with E-state index in [0.717, 1.165) is 32.7 Å². The lowest BCUT2D eigenvalue weighted by Crippen LogP contribution is -2.29. The zero-order valence-corrected chi connectivity index (χ0v) is 11.6. The summed E-state index contributed by atoms with van der Waals surface area (Å²) >= 11 is 0. The van der Waals surface area contributed by atoms with E-state index in [1.807, 2.05) is 10.9 Å². The van der Waals surface area contributed by atoms with Crippen molar-refractivity contribution in [3.05, 3.63) is 30.0 Å². The maximum atomic E-state index is 5.84. The van der Waals surface area contributed by atoms with Crippen LogP contribution in [0.2, 0.25) is 0 Å². The Labute approximate surface area is 118 Å². The molecule has 1 unspecified atom stereocenters. The fourth-order valence-corrected chi connectivity index (χ4v) is 3.11. The van der Waals surface area contributed by atoms with Crippen LogP contribution in [0.5, 0.6) is 0 Å². The highest BCUT2D eigenvalue weighted by atomic mass is 16.5. The lowest BCUT2D eigenvalue weighted by atomic mass is 9.97. The first-order valence-corrected chi connectivity index (χ1v) is 7.55.